The molecule has 0 bridgehead atoms. The molecule has 1 fully saturated rings. The minimum Gasteiger partial charge on any atom is -0.410 e. The molecule has 0 aromatic rings. The van der Waals surface area contributed by atoms with E-state index in [9.17, 15) is 9.90 Å². The van der Waals surface area contributed by atoms with Crippen molar-refractivity contribution < 1.29 is 28.2 Å². The Balaban J connectivity index is 3.26. The molecule has 1 aliphatic heterocycles. The average Bonchev–Trinajstić information content (AvgIpc) is 2.47. The van der Waals surface area contributed by atoms with Gasteiger partial charge in [0.25, 0.3) is 0 Å². The number of hydrogen-bond acceptors (Lipinski definition) is 6. The minimum absolute atomic E-state index is 0.220. The van der Waals surface area contributed by atoms with E-state index in [1.807, 2.05) is 0 Å². The van der Waals surface area contributed by atoms with Gasteiger partial charge in [0.2, 0.25) is 5.91 Å². The molecule has 0 aromatic heterocycles. The van der Waals surface area contributed by atoms with E-state index < -0.39 is 47.3 Å². The molecule has 1 heterocycles. The number of aliphatic hydroxyl groups is 1. The first-order valence-electron chi connectivity index (χ1n) is 8.49. The van der Waals surface area contributed by atoms with Crippen LogP contribution in [-0.4, -0.2) is 72.0 Å². The third kappa shape index (κ3) is 6.93. The molecule has 1 amide bonds. The smallest absolute Gasteiger partial charge is 0.243 e. The fraction of sp³-hybridized carbons (Fsp3) is 0.812. The standard InChI is InChI=1S/C16H33NO6Si2/c1-9-12(19)17-13-15(23-25(6,7)8)14(22-24(3,4)5)11(10-18)21-16(13)20-2/h9,11,13-16,18H,1,10H2,2-8H3,(H,17,19)/t11-,13-,14+,15-,16-/m1/s1. The second kappa shape index (κ2) is 8.89. The van der Waals surface area contributed by atoms with Gasteiger partial charge in [0.05, 0.1) is 12.7 Å². The Labute approximate surface area is 152 Å². The van der Waals surface area contributed by atoms with Crippen LogP contribution in [0.2, 0.25) is 39.3 Å². The summed E-state index contributed by atoms with van der Waals surface area (Å²) in [5, 5.41) is 12.7. The second-order valence-corrected chi connectivity index (χ2v) is 17.0. The average molecular weight is 392 g/mol. The van der Waals surface area contributed by atoms with Crippen molar-refractivity contribution in [3.63, 3.8) is 0 Å². The highest BCUT2D eigenvalue weighted by Crippen LogP contribution is 2.30. The first-order valence-corrected chi connectivity index (χ1v) is 15.3. The summed E-state index contributed by atoms with van der Waals surface area (Å²) < 4.78 is 23.9. The predicted octanol–water partition coefficient (Wildman–Crippen LogP) is 1.46. The number of methoxy groups -OCH3 is 1. The molecule has 2 N–H and O–H groups in total. The van der Waals surface area contributed by atoms with Crippen LogP contribution >= 0.6 is 0 Å². The molecule has 7 nitrogen and oxygen atoms in total. The summed E-state index contributed by atoms with van der Waals surface area (Å²) in [6.45, 7) is 15.7. The van der Waals surface area contributed by atoms with Gasteiger partial charge in [-0.2, -0.15) is 0 Å². The summed E-state index contributed by atoms with van der Waals surface area (Å²) in [5.74, 6) is -0.339. The molecule has 146 valence electrons. The van der Waals surface area contributed by atoms with E-state index in [1.54, 1.807) is 0 Å². The number of carbonyl (C=O) groups excluding carboxylic acids is 1. The normalized spacial score (nSPS) is 30.8. The van der Waals surface area contributed by atoms with E-state index in [2.05, 4.69) is 51.2 Å². The predicted molar refractivity (Wildman–Crippen MR) is 101 cm³/mol. The lowest BCUT2D eigenvalue weighted by molar-refractivity contribution is -0.256. The van der Waals surface area contributed by atoms with E-state index in [-0.39, 0.29) is 12.5 Å². The number of ether oxygens (including phenoxy) is 2. The fourth-order valence-electron chi connectivity index (χ4n) is 2.73. The zero-order chi connectivity index (χ0) is 19.4. The molecule has 0 spiro atoms. The Bertz CT molecular complexity index is 463. The van der Waals surface area contributed by atoms with Crippen molar-refractivity contribution in [1.29, 1.82) is 0 Å². The van der Waals surface area contributed by atoms with Crippen LogP contribution in [0.3, 0.4) is 0 Å². The molecule has 25 heavy (non-hydrogen) atoms. The Morgan fingerprint density at radius 2 is 1.68 bits per heavy atom. The second-order valence-electron chi connectivity index (χ2n) is 8.09. The van der Waals surface area contributed by atoms with Gasteiger partial charge < -0.3 is 28.7 Å². The van der Waals surface area contributed by atoms with Gasteiger partial charge in [-0.05, 0) is 45.4 Å². The van der Waals surface area contributed by atoms with Crippen LogP contribution in [0.4, 0.5) is 0 Å². The van der Waals surface area contributed by atoms with Crippen molar-refractivity contribution in [2.45, 2.75) is 69.9 Å². The van der Waals surface area contributed by atoms with E-state index >= 15 is 0 Å². The Hall–Kier alpha value is -0.556. The van der Waals surface area contributed by atoms with Crippen molar-refractivity contribution in [3.8, 4) is 0 Å². The number of amides is 1. The summed E-state index contributed by atoms with van der Waals surface area (Å²) >= 11 is 0. The molecule has 0 saturated carbocycles. The van der Waals surface area contributed by atoms with Crippen LogP contribution in [0.15, 0.2) is 12.7 Å². The van der Waals surface area contributed by atoms with Crippen LogP contribution in [0.25, 0.3) is 0 Å². The van der Waals surface area contributed by atoms with Crippen LogP contribution in [-0.2, 0) is 23.1 Å². The molecule has 0 aliphatic carbocycles. The van der Waals surface area contributed by atoms with E-state index in [1.165, 1.54) is 13.2 Å². The van der Waals surface area contributed by atoms with Crippen LogP contribution in [0.5, 0.6) is 0 Å². The molecular weight excluding hydrogens is 358 g/mol. The number of hydrogen-bond donors (Lipinski definition) is 2. The Morgan fingerprint density at radius 3 is 2.08 bits per heavy atom. The Morgan fingerprint density at radius 1 is 1.16 bits per heavy atom. The first kappa shape index (κ1) is 22.5. The number of carbonyl (C=O) groups is 1. The van der Waals surface area contributed by atoms with Crippen molar-refractivity contribution in [2.75, 3.05) is 13.7 Å². The fourth-order valence-corrected chi connectivity index (χ4v) is 4.93. The lowest BCUT2D eigenvalue weighted by Crippen LogP contribution is -2.68. The maximum Gasteiger partial charge on any atom is 0.243 e. The lowest BCUT2D eigenvalue weighted by atomic mass is 9.97. The third-order valence-corrected chi connectivity index (χ3v) is 5.49. The zero-order valence-electron chi connectivity index (χ0n) is 16.4. The maximum absolute atomic E-state index is 11.9. The third-order valence-electron chi connectivity index (χ3n) is 3.53. The van der Waals surface area contributed by atoms with Gasteiger partial charge in [-0.15, -0.1) is 0 Å². The van der Waals surface area contributed by atoms with Crippen molar-refractivity contribution in [2.24, 2.45) is 0 Å². The molecule has 1 rings (SSSR count). The van der Waals surface area contributed by atoms with Gasteiger partial charge in [-0.1, -0.05) is 6.58 Å². The summed E-state index contributed by atoms with van der Waals surface area (Å²) in [4.78, 5) is 11.9. The van der Waals surface area contributed by atoms with Gasteiger partial charge >= 0.3 is 0 Å². The van der Waals surface area contributed by atoms with Crippen LogP contribution in [0, 0.1) is 0 Å². The van der Waals surface area contributed by atoms with Gasteiger partial charge in [0.1, 0.15) is 18.2 Å². The maximum atomic E-state index is 11.9. The summed E-state index contributed by atoms with van der Waals surface area (Å²) in [6, 6.07) is -0.564. The number of rotatable bonds is 8. The monoisotopic (exact) mass is 391 g/mol. The molecule has 0 radical (unpaired) electrons. The zero-order valence-corrected chi connectivity index (χ0v) is 18.4. The molecule has 1 aliphatic rings. The summed E-state index contributed by atoms with van der Waals surface area (Å²) in [7, 11) is -2.45. The molecule has 0 unspecified atom stereocenters. The topological polar surface area (TPSA) is 86.3 Å². The minimum atomic E-state index is -1.98. The van der Waals surface area contributed by atoms with Gasteiger partial charge in [-0.3, -0.25) is 4.79 Å². The molecule has 9 heteroatoms. The van der Waals surface area contributed by atoms with Gasteiger partial charge in [0, 0.05) is 7.11 Å². The van der Waals surface area contributed by atoms with Gasteiger partial charge in [-0.25, -0.2) is 0 Å². The SMILES string of the molecule is C=CC(=O)N[C@H]1[C@H](OC)O[C@H](CO)[C@H](O[Si](C)(C)C)[C@@H]1O[Si](C)(C)C. The quantitative estimate of drug-likeness (QED) is 0.481. The lowest BCUT2D eigenvalue weighted by Gasteiger charge is -2.49. The van der Waals surface area contributed by atoms with E-state index in [0.29, 0.717) is 0 Å². The van der Waals surface area contributed by atoms with E-state index in [4.69, 9.17) is 18.3 Å². The van der Waals surface area contributed by atoms with Crippen molar-refractivity contribution >= 4 is 22.5 Å². The van der Waals surface area contributed by atoms with E-state index in [0.717, 1.165) is 0 Å². The van der Waals surface area contributed by atoms with Crippen molar-refractivity contribution in [1.82, 2.24) is 5.32 Å². The summed E-state index contributed by atoms with van der Waals surface area (Å²) in [5.41, 5.74) is 0. The number of aliphatic hydroxyl groups excluding tert-OH is 1. The number of nitrogens with one attached hydrogen (secondary N) is 1. The summed E-state index contributed by atoms with van der Waals surface area (Å²) in [6.07, 6.45) is -1.12. The van der Waals surface area contributed by atoms with Gasteiger partial charge in [0.15, 0.2) is 22.9 Å². The largest absolute Gasteiger partial charge is 0.410 e. The molecule has 0 aromatic carbocycles. The molecular formula is C16H33NO6Si2. The highest BCUT2D eigenvalue weighted by Gasteiger charge is 2.50. The highest BCUT2D eigenvalue weighted by molar-refractivity contribution is 6.70. The van der Waals surface area contributed by atoms with Crippen LogP contribution < -0.4 is 5.32 Å². The molecule has 5 atom stereocenters. The first-order chi connectivity index (χ1) is 11.4. The van der Waals surface area contributed by atoms with Crippen molar-refractivity contribution in [3.05, 3.63) is 12.7 Å². The molecule has 1 saturated heterocycles. The van der Waals surface area contributed by atoms with Crippen LogP contribution in [0.1, 0.15) is 0 Å². The highest BCUT2D eigenvalue weighted by atomic mass is 28.4. The Kier molecular flexibility index (Phi) is 8.00.